The number of benzene rings is 4. The second kappa shape index (κ2) is 21.5. The molecular formula is C58H65N7O7S2. The van der Waals surface area contributed by atoms with E-state index in [9.17, 15) is 33.9 Å². The molecule has 3 N–H and O–H groups in total. The quantitative estimate of drug-likeness (QED) is 0.0896. The van der Waals surface area contributed by atoms with Gasteiger partial charge in [-0.15, -0.1) is 23.1 Å². The fourth-order valence-electron chi connectivity index (χ4n) is 11.5. The van der Waals surface area contributed by atoms with Gasteiger partial charge >= 0.3 is 0 Å². The molecule has 1 aliphatic carbocycles. The highest BCUT2D eigenvalue weighted by Gasteiger charge is 2.48. The van der Waals surface area contributed by atoms with Crippen LogP contribution in [0.4, 0.5) is 0 Å². The molecule has 386 valence electrons. The summed E-state index contributed by atoms with van der Waals surface area (Å²) in [7, 11) is 0. The van der Waals surface area contributed by atoms with Crippen LogP contribution in [-0.2, 0) is 45.4 Å². The summed E-state index contributed by atoms with van der Waals surface area (Å²) < 4.78 is 0. The molecule has 16 heteroatoms. The molecule has 6 amide bonds. The van der Waals surface area contributed by atoms with Crippen molar-refractivity contribution in [3.05, 3.63) is 141 Å². The van der Waals surface area contributed by atoms with Crippen molar-refractivity contribution in [1.82, 2.24) is 35.2 Å². The fourth-order valence-corrected chi connectivity index (χ4v) is 13.6. The van der Waals surface area contributed by atoms with Crippen LogP contribution in [0.5, 0.6) is 0 Å². The first-order valence-corrected chi connectivity index (χ1v) is 27.8. The fraction of sp³-hybridized carbons (Fsp3) is 0.431. The van der Waals surface area contributed by atoms with E-state index in [-0.39, 0.29) is 85.1 Å². The van der Waals surface area contributed by atoms with E-state index in [2.05, 4.69) is 27.8 Å². The Labute approximate surface area is 441 Å². The van der Waals surface area contributed by atoms with Crippen LogP contribution in [0.15, 0.2) is 101 Å². The number of thioether (sulfide) groups is 1. The van der Waals surface area contributed by atoms with Gasteiger partial charge in [-0.25, -0.2) is 4.98 Å². The van der Waals surface area contributed by atoms with E-state index in [4.69, 9.17) is 0 Å². The molecule has 0 bridgehead atoms. The number of carbonyl (C=O) groups excluding carboxylic acids is 6. The molecule has 5 aromatic rings. The second-order valence-electron chi connectivity index (χ2n) is 21.4. The number of nitrogens with zero attached hydrogens (tertiary/aromatic N) is 5. The molecule has 0 unspecified atom stereocenters. The van der Waals surface area contributed by atoms with Crippen molar-refractivity contribution >= 4 is 58.5 Å². The minimum absolute atomic E-state index is 0.00721. The zero-order valence-electron chi connectivity index (χ0n) is 42.7. The summed E-state index contributed by atoms with van der Waals surface area (Å²) in [5.41, 5.74) is 9.71. The van der Waals surface area contributed by atoms with Gasteiger partial charge in [0, 0.05) is 67.0 Å². The van der Waals surface area contributed by atoms with Gasteiger partial charge in [0.2, 0.25) is 23.6 Å². The molecule has 14 nitrogen and oxygen atoms in total. The molecule has 1 aromatic heterocycles. The maximum atomic E-state index is 15.0. The monoisotopic (exact) mass is 1040 g/mol. The lowest BCUT2D eigenvalue weighted by Gasteiger charge is -2.35. The highest BCUT2D eigenvalue weighted by atomic mass is 32.2. The summed E-state index contributed by atoms with van der Waals surface area (Å²) >= 11 is 3.12. The molecule has 6 atom stereocenters. The smallest absolute Gasteiger partial charge is 0.255 e. The average molecular weight is 1040 g/mol. The first kappa shape index (κ1) is 51.1. The van der Waals surface area contributed by atoms with Gasteiger partial charge in [0.05, 0.1) is 22.2 Å². The van der Waals surface area contributed by atoms with Gasteiger partial charge in [0.15, 0.2) is 0 Å². The van der Waals surface area contributed by atoms with Crippen LogP contribution in [0.2, 0.25) is 0 Å². The summed E-state index contributed by atoms with van der Waals surface area (Å²) in [6.07, 6.45) is 3.26. The third-order valence-electron chi connectivity index (χ3n) is 15.7. The van der Waals surface area contributed by atoms with E-state index in [0.717, 1.165) is 43.3 Å². The molecule has 1 saturated carbocycles. The number of aryl methyl sites for hydroxylation is 1. The summed E-state index contributed by atoms with van der Waals surface area (Å²) in [5.74, 6) is -1.67. The largest absolute Gasteiger partial charge is 0.391 e. The van der Waals surface area contributed by atoms with Gasteiger partial charge in [-0.2, -0.15) is 0 Å². The van der Waals surface area contributed by atoms with Gasteiger partial charge in [-0.3, -0.25) is 28.8 Å². The number of fused-ring (bicyclic) bond motifs is 2. The van der Waals surface area contributed by atoms with Gasteiger partial charge in [0.1, 0.15) is 24.2 Å². The van der Waals surface area contributed by atoms with Gasteiger partial charge in [-0.1, -0.05) is 101 Å². The molecule has 5 heterocycles. The highest BCUT2D eigenvalue weighted by Crippen LogP contribution is 2.40. The maximum absolute atomic E-state index is 15.0. The van der Waals surface area contributed by atoms with Crippen LogP contribution in [0.3, 0.4) is 0 Å². The normalized spacial score (nSPS) is 21.3. The number of likely N-dealkylation sites (tertiary alicyclic amines) is 2. The molecule has 2 saturated heterocycles. The van der Waals surface area contributed by atoms with Crippen LogP contribution in [0.25, 0.3) is 10.4 Å². The first-order chi connectivity index (χ1) is 35.6. The Bertz CT molecular complexity index is 2960. The molecule has 10 rings (SSSR count). The SMILES string of the molecule is Cc1ncsc1-c1ccc(CNC(=O)[C@@H]2C[C@@H](Sc3ccc4c(c3)CN([C@H](C(=O)N3C[C@H](O)C[C@H]3C(=O)NCc3ccc(C5CCC5)cc3)C(C)C)C4=O)CN2C(=O)[C@H](C(C)C)N2Cc3ccccc3C2=O)cc1. The molecule has 0 spiro atoms. The van der Waals surface area contributed by atoms with E-state index in [0.29, 0.717) is 36.6 Å². The highest BCUT2D eigenvalue weighted by molar-refractivity contribution is 8.00. The predicted octanol–water partition coefficient (Wildman–Crippen LogP) is 7.70. The zero-order chi connectivity index (χ0) is 51.9. The maximum Gasteiger partial charge on any atom is 0.255 e. The van der Waals surface area contributed by atoms with Crippen LogP contribution >= 0.6 is 23.1 Å². The lowest BCUT2D eigenvalue weighted by molar-refractivity contribution is -0.143. The summed E-state index contributed by atoms with van der Waals surface area (Å²) in [6, 6.07) is 26.0. The van der Waals surface area contributed by atoms with Crippen molar-refractivity contribution in [2.75, 3.05) is 13.1 Å². The van der Waals surface area contributed by atoms with E-state index in [1.807, 2.05) is 107 Å². The second-order valence-corrected chi connectivity index (χ2v) is 23.6. The van der Waals surface area contributed by atoms with Crippen LogP contribution in [0, 0.1) is 18.8 Å². The number of nitrogens with one attached hydrogen (secondary N) is 2. The van der Waals surface area contributed by atoms with Crippen molar-refractivity contribution < 1.29 is 33.9 Å². The number of aromatic nitrogens is 1. The third kappa shape index (κ3) is 10.2. The molecule has 4 aromatic carbocycles. The molecule has 0 radical (unpaired) electrons. The lowest BCUT2D eigenvalue weighted by atomic mass is 9.80. The van der Waals surface area contributed by atoms with E-state index in [1.165, 1.54) is 41.5 Å². The number of carbonyl (C=O) groups is 6. The van der Waals surface area contributed by atoms with Crippen molar-refractivity contribution in [2.24, 2.45) is 11.8 Å². The number of hydrogen-bond donors (Lipinski definition) is 3. The van der Waals surface area contributed by atoms with Crippen molar-refractivity contribution in [3.63, 3.8) is 0 Å². The Kier molecular flexibility index (Phi) is 14.8. The van der Waals surface area contributed by atoms with E-state index < -0.39 is 30.3 Å². The minimum atomic E-state index is -0.885. The Morgan fingerprint density at radius 2 is 1.28 bits per heavy atom. The number of rotatable bonds is 16. The zero-order valence-corrected chi connectivity index (χ0v) is 44.3. The standard InChI is InChI=1S/C58H65N7O7S2/c1-33(2)50(57(71)62-30-43(66)24-48(62)53(67)59-26-36-13-17-39(18-14-36)38-10-8-11-38)65-29-42-23-44(21-22-47(42)56(65)70)74-45-25-49(54(68)60-27-37-15-19-40(20-16-37)52-35(5)61-32-73-52)63(31-45)58(72)51(34(3)4)64-28-41-9-6-7-12-46(41)55(64)69/h6-7,9,12-23,32-34,38,43,45,48-51,66H,8,10-11,24-31H2,1-5H3,(H,59,67)(H,60,68)/t43-,45-,48+,49+,50+,51+/m1/s1. The van der Waals surface area contributed by atoms with E-state index in [1.54, 1.807) is 38.2 Å². The van der Waals surface area contributed by atoms with Gasteiger partial charge in [0.25, 0.3) is 11.8 Å². The summed E-state index contributed by atoms with van der Waals surface area (Å²) in [5, 5.41) is 16.7. The van der Waals surface area contributed by atoms with Crippen LogP contribution in [0.1, 0.15) is 120 Å². The number of hydrogen-bond acceptors (Lipinski definition) is 10. The van der Waals surface area contributed by atoms with E-state index >= 15 is 0 Å². The predicted molar refractivity (Wildman–Crippen MR) is 285 cm³/mol. The first-order valence-electron chi connectivity index (χ1n) is 26.1. The Morgan fingerprint density at radius 1 is 0.716 bits per heavy atom. The molecule has 3 fully saturated rings. The van der Waals surface area contributed by atoms with Crippen molar-refractivity contribution in [1.29, 1.82) is 0 Å². The topological polar surface area (TPSA) is 173 Å². The minimum Gasteiger partial charge on any atom is -0.391 e. The van der Waals surface area contributed by atoms with Gasteiger partial charge < -0.3 is 35.3 Å². The number of amides is 6. The Morgan fingerprint density at radius 3 is 1.85 bits per heavy atom. The van der Waals surface area contributed by atoms with Crippen LogP contribution in [-0.4, -0.2) is 114 Å². The Balaban J connectivity index is 0.830. The molecule has 74 heavy (non-hydrogen) atoms. The van der Waals surface area contributed by atoms with Gasteiger partial charge in [-0.05, 0) is 102 Å². The lowest BCUT2D eigenvalue weighted by Crippen LogP contribution is -2.55. The molecule has 4 aliphatic heterocycles. The summed E-state index contributed by atoms with van der Waals surface area (Å²) in [4.78, 5) is 98.4. The number of aliphatic hydroxyl groups excluding tert-OH is 1. The average Bonchev–Trinajstić information content (AvgIpc) is 4.21. The third-order valence-corrected chi connectivity index (χ3v) is 17.8. The van der Waals surface area contributed by atoms with Crippen molar-refractivity contribution in [2.45, 2.75) is 139 Å². The van der Waals surface area contributed by atoms with Crippen molar-refractivity contribution in [3.8, 4) is 10.4 Å². The summed E-state index contributed by atoms with van der Waals surface area (Å²) in [6.45, 7) is 10.9. The number of aliphatic hydroxyl groups is 1. The Hall–Kier alpha value is -6.36. The van der Waals surface area contributed by atoms with Crippen LogP contribution < -0.4 is 10.6 Å². The number of thiazole rings is 1. The number of β-amino-alcohol motifs (C(OH)–C–C–N with tert-alkyl or cyclic N) is 1. The molecular weight excluding hydrogens is 971 g/mol. The molecule has 5 aliphatic rings.